The van der Waals surface area contributed by atoms with Gasteiger partial charge in [0, 0.05) is 24.8 Å². The molecule has 0 atom stereocenters. The van der Waals surface area contributed by atoms with Gasteiger partial charge in [0.1, 0.15) is 0 Å². The zero-order chi connectivity index (χ0) is 12.4. The Morgan fingerprint density at radius 2 is 2.18 bits per heavy atom. The lowest BCUT2D eigenvalue weighted by atomic mass is 9.85. The zero-order valence-electron chi connectivity index (χ0n) is 10.6. The van der Waals surface area contributed by atoms with E-state index in [0.29, 0.717) is 17.2 Å². The third-order valence-corrected chi connectivity index (χ3v) is 3.63. The maximum Gasteiger partial charge on any atom is 0.253 e. The van der Waals surface area contributed by atoms with Crippen LogP contribution in [-0.2, 0) is 0 Å². The van der Waals surface area contributed by atoms with Crippen molar-refractivity contribution in [1.29, 1.82) is 0 Å². The molecule has 0 saturated heterocycles. The molecule has 1 saturated carbocycles. The van der Waals surface area contributed by atoms with E-state index in [9.17, 15) is 4.79 Å². The van der Waals surface area contributed by atoms with Crippen molar-refractivity contribution in [3.8, 4) is 0 Å². The van der Waals surface area contributed by atoms with Crippen molar-refractivity contribution >= 4 is 11.6 Å². The number of carbonyl (C=O) groups is 1. The molecule has 0 spiro atoms. The van der Waals surface area contributed by atoms with Crippen molar-refractivity contribution in [3.63, 3.8) is 0 Å². The Kier molecular flexibility index (Phi) is 3.36. The molecule has 0 aliphatic heterocycles. The molecule has 0 bridgehead atoms. The first-order chi connectivity index (χ1) is 8.08. The van der Waals surface area contributed by atoms with Crippen molar-refractivity contribution < 1.29 is 4.79 Å². The number of benzene rings is 1. The average molecular weight is 232 g/mol. The van der Waals surface area contributed by atoms with Crippen LogP contribution >= 0.6 is 0 Å². The monoisotopic (exact) mass is 232 g/mol. The van der Waals surface area contributed by atoms with E-state index in [1.165, 1.54) is 19.3 Å². The van der Waals surface area contributed by atoms with Crippen molar-refractivity contribution in [3.05, 3.63) is 29.3 Å². The quantitative estimate of drug-likeness (QED) is 0.814. The first-order valence-corrected chi connectivity index (χ1v) is 6.19. The lowest BCUT2D eigenvalue weighted by Gasteiger charge is -2.30. The van der Waals surface area contributed by atoms with Gasteiger partial charge in [-0.15, -0.1) is 0 Å². The topological polar surface area (TPSA) is 46.3 Å². The Morgan fingerprint density at radius 1 is 1.47 bits per heavy atom. The van der Waals surface area contributed by atoms with E-state index in [4.69, 9.17) is 5.73 Å². The van der Waals surface area contributed by atoms with Gasteiger partial charge in [0.15, 0.2) is 0 Å². The molecule has 2 N–H and O–H groups in total. The van der Waals surface area contributed by atoms with Gasteiger partial charge in [0.05, 0.1) is 0 Å². The van der Waals surface area contributed by atoms with E-state index in [1.54, 1.807) is 6.07 Å². The summed E-state index contributed by atoms with van der Waals surface area (Å²) < 4.78 is 0. The molecule has 1 aromatic rings. The van der Waals surface area contributed by atoms with Gasteiger partial charge in [0.2, 0.25) is 0 Å². The minimum absolute atomic E-state index is 0.0728. The number of rotatable bonds is 3. The Bertz CT molecular complexity index is 424. The maximum atomic E-state index is 12.2. The maximum absolute atomic E-state index is 12.2. The molecule has 2 rings (SSSR count). The molecule has 1 aromatic carbocycles. The number of hydrogen-bond donors (Lipinski definition) is 1. The molecule has 3 nitrogen and oxygen atoms in total. The van der Waals surface area contributed by atoms with Crippen molar-refractivity contribution in [2.45, 2.75) is 26.2 Å². The summed E-state index contributed by atoms with van der Waals surface area (Å²) in [6, 6.07) is 5.53. The standard InChI is InChI=1S/C14H20N2O/c1-10-6-7-12(8-13(10)15)14(17)16(2)9-11-4-3-5-11/h6-8,11H,3-5,9,15H2,1-2H3. The van der Waals surface area contributed by atoms with Crippen LogP contribution in [0.1, 0.15) is 35.2 Å². The lowest BCUT2D eigenvalue weighted by molar-refractivity contribution is 0.0745. The lowest BCUT2D eigenvalue weighted by Crippen LogP contribution is -2.34. The van der Waals surface area contributed by atoms with Crippen LogP contribution in [0.25, 0.3) is 0 Å². The Labute approximate surface area is 103 Å². The highest BCUT2D eigenvalue weighted by molar-refractivity contribution is 5.95. The molecular weight excluding hydrogens is 212 g/mol. The Morgan fingerprint density at radius 3 is 2.71 bits per heavy atom. The molecule has 1 amide bonds. The number of carbonyl (C=O) groups excluding carboxylic acids is 1. The van der Waals surface area contributed by atoms with E-state index in [1.807, 2.05) is 31.0 Å². The predicted octanol–water partition coefficient (Wildman–Crippen LogP) is 2.45. The van der Waals surface area contributed by atoms with Gasteiger partial charge in [-0.25, -0.2) is 0 Å². The molecule has 1 fully saturated rings. The highest BCUT2D eigenvalue weighted by atomic mass is 16.2. The fraction of sp³-hybridized carbons (Fsp3) is 0.500. The average Bonchev–Trinajstić information content (AvgIpc) is 2.26. The number of anilines is 1. The van der Waals surface area contributed by atoms with Crippen LogP contribution in [0.15, 0.2) is 18.2 Å². The second-order valence-electron chi connectivity index (χ2n) is 5.05. The highest BCUT2D eigenvalue weighted by Crippen LogP contribution is 2.27. The number of hydrogen-bond acceptors (Lipinski definition) is 2. The van der Waals surface area contributed by atoms with Gasteiger partial charge in [-0.05, 0) is 43.4 Å². The molecular formula is C14H20N2O. The Balaban J connectivity index is 2.04. The van der Waals surface area contributed by atoms with Crippen LogP contribution in [0.2, 0.25) is 0 Å². The molecule has 92 valence electrons. The van der Waals surface area contributed by atoms with Crippen molar-refractivity contribution in [2.75, 3.05) is 19.3 Å². The summed E-state index contributed by atoms with van der Waals surface area (Å²) in [6.07, 6.45) is 3.82. The van der Waals surface area contributed by atoms with Gasteiger partial charge >= 0.3 is 0 Å². The first kappa shape index (κ1) is 12.0. The largest absolute Gasteiger partial charge is 0.398 e. The summed E-state index contributed by atoms with van der Waals surface area (Å²) in [6.45, 7) is 2.81. The number of aryl methyl sites for hydroxylation is 1. The fourth-order valence-electron chi connectivity index (χ4n) is 2.14. The fourth-order valence-corrected chi connectivity index (χ4v) is 2.14. The second-order valence-corrected chi connectivity index (χ2v) is 5.05. The summed E-state index contributed by atoms with van der Waals surface area (Å²) in [4.78, 5) is 14.0. The van der Waals surface area contributed by atoms with Crippen molar-refractivity contribution in [1.82, 2.24) is 4.90 Å². The van der Waals surface area contributed by atoms with Crippen LogP contribution < -0.4 is 5.73 Å². The van der Waals surface area contributed by atoms with Gasteiger partial charge in [0.25, 0.3) is 5.91 Å². The van der Waals surface area contributed by atoms with Gasteiger partial charge in [-0.1, -0.05) is 12.5 Å². The molecule has 17 heavy (non-hydrogen) atoms. The van der Waals surface area contributed by atoms with Crippen LogP contribution in [0.3, 0.4) is 0 Å². The molecule has 3 heteroatoms. The predicted molar refractivity (Wildman–Crippen MR) is 69.9 cm³/mol. The molecule has 0 heterocycles. The summed E-state index contributed by atoms with van der Waals surface area (Å²) in [5.41, 5.74) is 8.22. The van der Waals surface area contributed by atoms with E-state index >= 15 is 0 Å². The zero-order valence-corrected chi connectivity index (χ0v) is 10.6. The van der Waals surface area contributed by atoms with Crippen LogP contribution in [0.4, 0.5) is 5.69 Å². The van der Waals surface area contributed by atoms with Crippen LogP contribution in [-0.4, -0.2) is 24.4 Å². The summed E-state index contributed by atoms with van der Waals surface area (Å²) >= 11 is 0. The van der Waals surface area contributed by atoms with E-state index in [-0.39, 0.29) is 5.91 Å². The summed E-state index contributed by atoms with van der Waals surface area (Å²) in [5.74, 6) is 0.773. The summed E-state index contributed by atoms with van der Waals surface area (Å²) in [7, 11) is 1.87. The minimum atomic E-state index is 0.0728. The minimum Gasteiger partial charge on any atom is -0.398 e. The number of nitrogens with two attached hydrogens (primary N) is 1. The Hall–Kier alpha value is -1.51. The molecule has 0 aromatic heterocycles. The first-order valence-electron chi connectivity index (χ1n) is 6.19. The van der Waals surface area contributed by atoms with Gasteiger partial charge in [-0.2, -0.15) is 0 Å². The SMILES string of the molecule is Cc1ccc(C(=O)N(C)CC2CCC2)cc1N. The van der Waals surface area contributed by atoms with E-state index in [2.05, 4.69) is 0 Å². The normalized spacial score (nSPS) is 15.4. The van der Waals surface area contributed by atoms with Crippen LogP contribution in [0.5, 0.6) is 0 Å². The number of amides is 1. The molecule has 0 radical (unpaired) electrons. The van der Waals surface area contributed by atoms with Crippen molar-refractivity contribution in [2.24, 2.45) is 5.92 Å². The molecule has 1 aliphatic carbocycles. The van der Waals surface area contributed by atoms with E-state index in [0.717, 1.165) is 12.1 Å². The number of nitrogens with zero attached hydrogens (tertiary/aromatic N) is 1. The third kappa shape index (κ3) is 2.60. The highest BCUT2D eigenvalue weighted by Gasteiger charge is 2.22. The number of nitrogen functional groups attached to an aromatic ring is 1. The van der Waals surface area contributed by atoms with Gasteiger partial charge < -0.3 is 10.6 Å². The van der Waals surface area contributed by atoms with E-state index < -0.39 is 0 Å². The summed E-state index contributed by atoms with van der Waals surface area (Å²) in [5, 5.41) is 0. The second kappa shape index (κ2) is 4.78. The van der Waals surface area contributed by atoms with Gasteiger partial charge in [-0.3, -0.25) is 4.79 Å². The third-order valence-electron chi connectivity index (χ3n) is 3.63. The molecule has 1 aliphatic rings. The smallest absolute Gasteiger partial charge is 0.253 e. The van der Waals surface area contributed by atoms with Crippen LogP contribution in [0, 0.1) is 12.8 Å². The molecule has 0 unspecified atom stereocenters.